The molecular weight excluding hydrogens is 632 g/mol. The molecule has 4 unspecified atom stereocenters. The first-order valence-corrected chi connectivity index (χ1v) is 17.3. The predicted molar refractivity (Wildman–Crippen MR) is 192 cm³/mol. The molecule has 0 aromatic carbocycles. The highest BCUT2D eigenvalue weighted by molar-refractivity contribution is 7.78. The van der Waals surface area contributed by atoms with Crippen LogP contribution in [-0.4, -0.2) is 76.3 Å². The third kappa shape index (κ3) is 17.2. The van der Waals surface area contributed by atoms with Crippen LogP contribution < -0.4 is 21.1 Å². The summed E-state index contributed by atoms with van der Waals surface area (Å²) >= 11 is 3.65. The molecule has 5 N–H and O–H groups in total. The number of thiol groups is 1. The van der Waals surface area contributed by atoms with Gasteiger partial charge in [-0.15, -0.1) is 0 Å². The van der Waals surface area contributed by atoms with Crippen LogP contribution in [0.5, 0.6) is 0 Å². The first kappa shape index (κ1) is 44.7. The van der Waals surface area contributed by atoms with Crippen LogP contribution in [0.4, 0.5) is 4.79 Å². The Labute approximate surface area is 293 Å². The molecular formula is C35H60N6O6S. The number of rotatable bonds is 11. The van der Waals surface area contributed by atoms with Crippen molar-refractivity contribution in [1.82, 2.24) is 25.2 Å². The van der Waals surface area contributed by atoms with E-state index in [1.54, 1.807) is 25.1 Å². The second kappa shape index (κ2) is 22.3. The van der Waals surface area contributed by atoms with Crippen molar-refractivity contribution in [2.75, 3.05) is 6.54 Å². The lowest BCUT2D eigenvalue weighted by atomic mass is 9.85. The van der Waals surface area contributed by atoms with Crippen molar-refractivity contribution in [2.24, 2.45) is 28.9 Å². The number of likely N-dealkylation sites (tertiary alicyclic amines) is 1. The molecule has 12 nitrogen and oxygen atoms in total. The summed E-state index contributed by atoms with van der Waals surface area (Å²) in [4.78, 5) is 76.6. The van der Waals surface area contributed by atoms with E-state index in [9.17, 15) is 28.8 Å². The minimum atomic E-state index is -0.923. The van der Waals surface area contributed by atoms with Gasteiger partial charge < -0.3 is 26.1 Å². The Bertz CT molecular complexity index is 1160. The molecule has 272 valence electrons. The van der Waals surface area contributed by atoms with Crippen molar-refractivity contribution in [1.29, 1.82) is 0 Å². The second-order valence-corrected chi connectivity index (χ2v) is 14.6. The minimum absolute atomic E-state index is 0.174. The Morgan fingerprint density at radius 1 is 1.04 bits per heavy atom. The monoisotopic (exact) mass is 692 g/mol. The number of nitrogens with one attached hydrogen (secondary N) is 3. The summed E-state index contributed by atoms with van der Waals surface area (Å²) in [5, 5.41) is 5.45. The highest BCUT2D eigenvalue weighted by Gasteiger charge is 2.40. The number of hydrogen-bond donors (Lipinski definition) is 5. The molecule has 1 saturated heterocycles. The number of aldehydes is 1. The first-order chi connectivity index (χ1) is 22.3. The zero-order valence-corrected chi connectivity index (χ0v) is 31.4. The Morgan fingerprint density at radius 3 is 1.96 bits per heavy atom. The number of primary amides is 1. The van der Waals surface area contributed by atoms with Crippen LogP contribution in [0.1, 0.15) is 112 Å². The van der Waals surface area contributed by atoms with E-state index >= 15 is 0 Å². The van der Waals surface area contributed by atoms with Crippen LogP contribution in [0, 0.1) is 23.2 Å². The fraction of sp³-hybridized carbons (Fsp3) is 0.686. The molecule has 0 bridgehead atoms. The van der Waals surface area contributed by atoms with Gasteiger partial charge in [0.05, 0.1) is 18.1 Å². The normalized spacial score (nSPS) is 17.2. The highest BCUT2D eigenvalue weighted by Crippen LogP contribution is 2.27. The zero-order valence-electron chi connectivity index (χ0n) is 30.5. The molecule has 1 aromatic heterocycles. The van der Waals surface area contributed by atoms with E-state index < -0.39 is 47.3 Å². The maximum Gasteiger partial charge on any atom is 0.316 e. The average molecular weight is 693 g/mol. The number of Topliss-reactive ketones (excluding diaryl/α,β-unsaturated/α-hetero) is 2. The molecule has 1 saturated carbocycles. The molecule has 3 rings (SSSR count). The fourth-order valence-electron chi connectivity index (χ4n) is 4.21. The summed E-state index contributed by atoms with van der Waals surface area (Å²) in [7, 11) is 0. The molecule has 4 amide bonds. The standard InChI is InChI=1S/C22H32N4O4.C5H10N2O2S.C4H8.C4H10/c1-14(2)17(18(28)16-10-6-7-11-23-16)24-21(30)25-19(22(3,4)5)20(29)26-12-8-9-15(26)13-27;1-2-3(7-10)4(8)5(6)9;1-4-2-3-4;1-4(2)3/h6-7,10-11,13-15,17,19H,8-9,12H2,1-5H3,(H2,24,25,30);3,7,10H,2H2,1H3,(H2,6,9);4H,2-3H2,1H3;4H,1-3H3. The third-order valence-electron chi connectivity index (χ3n) is 7.27. The largest absolute Gasteiger partial charge is 0.363 e. The number of nitrogens with two attached hydrogens (primary N) is 1. The number of hydrogen-bond acceptors (Lipinski definition) is 9. The van der Waals surface area contributed by atoms with Gasteiger partial charge in [-0.1, -0.05) is 101 Å². The van der Waals surface area contributed by atoms with Gasteiger partial charge in [-0.2, -0.15) is 0 Å². The van der Waals surface area contributed by atoms with Gasteiger partial charge in [0.1, 0.15) is 18.0 Å². The van der Waals surface area contributed by atoms with Crippen molar-refractivity contribution >= 4 is 48.5 Å². The van der Waals surface area contributed by atoms with Crippen molar-refractivity contribution < 1.29 is 28.8 Å². The predicted octanol–water partition coefficient (Wildman–Crippen LogP) is 4.53. The van der Waals surface area contributed by atoms with E-state index in [1.165, 1.54) is 23.9 Å². The lowest BCUT2D eigenvalue weighted by molar-refractivity contribution is -0.138. The molecule has 4 atom stereocenters. The maximum absolute atomic E-state index is 13.1. The van der Waals surface area contributed by atoms with Crippen LogP contribution >= 0.6 is 12.8 Å². The van der Waals surface area contributed by atoms with Crippen LogP contribution in [0.2, 0.25) is 0 Å². The average Bonchev–Trinajstić information content (AvgIpc) is 3.65. The minimum Gasteiger partial charge on any atom is -0.363 e. The van der Waals surface area contributed by atoms with Gasteiger partial charge in [0.15, 0.2) is 0 Å². The fourth-order valence-corrected chi connectivity index (χ4v) is 4.51. The van der Waals surface area contributed by atoms with Gasteiger partial charge in [-0.05, 0) is 54.6 Å². The number of ketones is 2. The SMILES string of the molecule is CC(C)C.CC(C)C(NC(=O)NC(C(=O)N1CCCC1C=O)C(C)(C)C)C(=O)c1ccccn1.CC1CC1.CCC(NS)C(=O)C(N)=O. The van der Waals surface area contributed by atoms with E-state index in [-0.39, 0.29) is 23.3 Å². The van der Waals surface area contributed by atoms with E-state index in [1.807, 2.05) is 34.6 Å². The van der Waals surface area contributed by atoms with Crippen LogP contribution in [0.15, 0.2) is 24.4 Å². The number of urea groups is 1. The zero-order chi connectivity index (χ0) is 37.2. The summed E-state index contributed by atoms with van der Waals surface area (Å²) in [5.41, 5.74) is 4.41. The summed E-state index contributed by atoms with van der Waals surface area (Å²) in [6.07, 6.45) is 7.17. The Kier molecular flexibility index (Phi) is 20.8. The lowest BCUT2D eigenvalue weighted by Crippen LogP contribution is -2.59. The molecule has 0 spiro atoms. The number of nitrogens with zero attached hydrogens (tertiary/aromatic N) is 2. The molecule has 2 fully saturated rings. The number of pyridine rings is 1. The van der Waals surface area contributed by atoms with Crippen LogP contribution in [0.25, 0.3) is 0 Å². The highest BCUT2D eigenvalue weighted by atomic mass is 32.1. The molecule has 1 aliphatic heterocycles. The van der Waals surface area contributed by atoms with Crippen molar-refractivity contribution in [2.45, 2.75) is 126 Å². The maximum atomic E-state index is 13.1. The van der Waals surface area contributed by atoms with Gasteiger partial charge in [0, 0.05) is 12.7 Å². The molecule has 2 aliphatic rings. The molecule has 0 radical (unpaired) electrons. The van der Waals surface area contributed by atoms with Crippen molar-refractivity contribution in [3.63, 3.8) is 0 Å². The second-order valence-electron chi connectivity index (χ2n) is 14.3. The van der Waals surface area contributed by atoms with Gasteiger partial charge in [0.25, 0.3) is 5.91 Å². The summed E-state index contributed by atoms with van der Waals surface area (Å²) in [6.45, 7) is 20.2. The topological polar surface area (TPSA) is 181 Å². The van der Waals surface area contributed by atoms with Gasteiger partial charge in [0.2, 0.25) is 17.5 Å². The lowest BCUT2D eigenvalue weighted by Gasteiger charge is -2.35. The summed E-state index contributed by atoms with van der Waals surface area (Å²) in [5.74, 6) is -0.387. The molecule has 2 heterocycles. The Morgan fingerprint density at radius 2 is 1.60 bits per heavy atom. The Hall–Kier alpha value is -3.32. The number of carbonyl (C=O) groups excluding carboxylic acids is 6. The van der Waals surface area contributed by atoms with E-state index in [2.05, 4.69) is 60.8 Å². The van der Waals surface area contributed by atoms with Gasteiger partial charge >= 0.3 is 6.03 Å². The number of aromatic nitrogens is 1. The first-order valence-electron chi connectivity index (χ1n) is 16.8. The van der Waals surface area contributed by atoms with E-state index in [0.717, 1.165) is 24.5 Å². The van der Waals surface area contributed by atoms with Crippen molar-refractivity contribution in [3.05, 3.63) is 30.1 Å². The molecule has 13 heteroatoms. The van der Waals surface area contributed by atoms with E-state index in [0.29, 0.717) is 19.4 Å². The van der Waals surface area contributed by atoms with Crippen molar-refractivity contribution in [3.8, 4) is 0 Å². The summed E-state index contributed by atoms with van der Waals surface area (Å²) in [6, 6.07) is 1.79. The number of amides is 4. The van der Waals surface area contributed by atoms with Crippen LogP contribution in [-0.2, 0) is 19.2 Å². The Balaban J connectivity index is 0.000000996. The summed E-state index contributed by atoms with van der Waals surface area (Å²) < 4.78 is 2.38. The smallest absolute Gasteiger partial charge is 0.316 e. The molecule has 1 aliphatic carbocycles. The quantitative estimate of drug-likeness (QED) is 0.0971. The van der Waals surface area contributed by atoms with Gasteiger partial charge in [-0.25, -0.2) is 4.79 Å². The van der Waals surface area contributed by atoms with Crippen LogP contribution in [0.3, 0.4) is 0 Å². The molecule has 48 heavy (non-hydrogen) atoms. The molecule has 1 aromatic rings. The third-order valence-corrected chi connectivity index (χ3v) is 7.58. The number of carbonyl (C=O) groups is 6. The van der Waals surface area contributed by atoms with E-state index in [4.69, 9.17) is 5.73 Å². The van der Waals surface area contributed by atoms with Gasteiger partial charge in [-0.3, -0.25) is 28.9 Å².